The molecule has 0 radical (unpaired) electrons. The van der Waals surface area contributed by atoms with Gasteiger partial charge in [0.1, 0.15) is 12.1 Å². The summed E-state index contributed by atoms with van der Waals surface area (Å²) in [4.78, 5) is 18.6. The summed E-state index contributed by atoms with van der Waals surface area (Å²) >= 11 is 7.88. The van der Waals surface area contributed by atoms with Crippen LogP contribution in [0.2, 0.25) is 5.02 Å². The van der Waals surface area contributed by atoms with Gasteiger partial charge in [-0.15, -0.1) is 5.10 Å². The molecule has 42 heavy (non-hydrogen) atoms. The van der Waals surface area contributed by atoms with Gasteiger partial charge in [0.05, 0.1) is 19.3 Å². The fourth-order valence-electron chi connectivity index (χ4n) is 5.43. The van der Waals surface area contributed by atoms with E-state index in [-0.39, 0.29) is 12.1 Å². The first-order chi connectivity index (χ1) is 20.5. The summed E-state index contributed by atoms with van der Waals surface area (Å²) in [5.41, 5.74) is 3.05. The van der Waals surface area contributed by atoms with E-state index < -0.39 is 6.04 Å². The molecule has 2 aliphatic rings. The number of rotatable bonds is 12. The fraction of sp³-hybridized carbons (Fsp3) is 0.469. The number of halogens is 1. The smallest absolute Gasteiger partial charge is 0.338 e. The zero-order chi connectivity index (χ0) is 29.5. The van der Waals surface area contributed by atoms with E-state index in [1.807, 2.05) is 49.4 Å². The van der Waals surface area contributed by atoms with Gasteiger partial charge < -0.3 is 19.5 Å². The molecule has 1 aliphatic heterocycles. The van der Waals surface area contributed by atoms with Gasteiger partial charge in [0.25, 0.3) is 0 Å². The molecule has 2 heterocycles. The summed E-state index contributed by atoms with van der Waals surface area (Å²) < 4.78 is 19.6. The number of anilines is 1. The molecule has 10 heteroatoms. The maximum atomic E-state index is 13.8. The number of benzene rings is 2. The van der Waals surface area contributed by atoms with Crippen LogP contribution in [-0.2, 0) is 15.3 Å². The van der Waals surface area contributed by atoms with Gasteiger partial charge in [0.2, 0.25) is 11.1 Å². The number of hydrogen-bond acceptors (Lipinski definition) is 8. The molecule has 5 rings (SSSR count). The number of fused-ring (bicyclic) bond motifs is 1. The molecule has 3 aromatic rings. The SMILES string of the molecule is CCCCCOc1ccc(C2C(C(=O)OC3CCCCC3)=C(C)Nc3nc(SCc4ccccc4Cl)nn32)cc1OC. The number of aromatic nitrogens is 3. The van der Waals surface area contributed by atoms with E-state index >= 15 is 0 Å². The van der Waals surface area contributed by atoms with E-state index in [2.05, 4.69) is 12.2 Å². The summed E-state index contributed by atoms with van der Waals surface area (Å²) in [6.45, 7) is 4.68. The largest absolute Gasteiger partial charge is 0.493 e. The summed E-state index contributed by atoms with van der Waals surface area (Å²) in [5.74, 6) is 2.13. The molecule has 1 fully saturated rings. The first-order valence-corrected chi connectivity index (χ1v) is 16.2. The molecule has 1 unspecified atom stereocenters. The average Bonchev–Trinajstić information content (AvgIpc) is 3.41. The first kappa shape index (κ1) is 30.3. The minimum absolute atomic E-state index is 0.0699. The highest BCUT2D eigenvalue weighted by Crippen LogP contribution is 2.40. The van der Waals surface area contributed by atoms with E-state index in [1.54, 1.807) is 11.8 Å². The van der Waals surface area contributed by atoms with Crippen LogP contribution in [0.15, 0.2) is 58.9 Å². The van der Waals surface area contributed by atoms with Gasteiger partial charge in [-0.3, -0.25) is 0 Å². The Hall–Kier alpha value is -3.17. The van der Waals surface area contributed by atoms with Crippen LogP contribution < -0.4 is 14.8 Å². The second-order valence-corrected chi connectivity index (χ2v) is 12.1. The predicted octanol–water partition coefficient (Wildman–Crippen LogP) is 7.97. The van der Waals surface area contributed by atoms with Crippen molar-refractivity contribution in [2.45, 2.75) is 88.3 Å². The molecule has 0 bridgehead atoms. The van der Waals surface area contributed by atoms with Crippen molar-refractivity contribution in [3.8, 4) is 11.5 Å². The number of carbonyl (C=O) groups is 1. The third-order valence-electron chi connectivity index (χ3n) is 7.70. The maximum absolute atomic E-state index is 13.8. The third-order valence-corrected chi connectivity index (χ3v) is 8.96. The Morgan fingerprint density at radius 1 is 1.12 bits per heavy atom. The van der Waals surface area contributed by atoms with Crippen molar-refractivity contribution in [3.05, 3.63) is 69.9 Å². The normalized spacial score (nSPS) is 17.0. The number of carbonyl (C=O) groups excluding carboxylic acids is 1. The molecule has 1 aromatic heterocycles. The molecule has 224 valence electrons. The lowest BCUT2D eigenvalue weighted by molar-refractivity contribution is -0.146. The van der Waals surface area contributed by atoms with Crippen molar-refractivity contribution < 1.29 is 19.0 Å². The molecular weight excluding hydrogens is 572 g/mol. The second-order valence-electron chi connectivity index (χ2n) is 10.7. The minimum atomic E-state index is -0.553. The number of thioether (sulfide) groups is 1. The number of unbranched alkanes of at least 4 members (excludes halogenated alkanes) is 2. The molecule has 1 aliphatic carbocycles. The predicted molar refractivity (Wildman–Crippen MR) is 166 cm³/mol. The lowest BCUT2D eigenvalue weighted by atomic mass is 9.94. The number of allylic oxidation sites excluding steroid dienone is 1. The van der Waals surface area contributed by atoms with Crippen molar-refractivity contribution in [1.82, 2.24) is 14.8 Å². The molecule has 2 aromatic carbocycles. The molecule has 1 atom stereocenters. The molecule has 0 spiro atoms. The standard InChI is InChI=1S/C32H39ClN4O4S/c1-4-5-11-18-40-26-17-16-22(19-27(26)39-3)29-28(30(38)41-24-13-7-6-8-14-24)21(2)34-31-35-32(36-37(29)31)42-20-23-12-9-10-15-25(23)33/h9-10,12,15-17,19,24,29H,4-8,11,13-14,18,20H2,1-3H3,(H,34,35,36). The number of ether oxygens (including phenoxy) is 3. The zero-order valence-electron chi connectivity index (χ0n) is 24.5. The molecule has 1 N–H and O–H groups in total. The topological polar surface area (TPSA) is 87.5 Å². The van der Waals surface area contributed by atoms with Crippen molar-refractivity contribution in [3.63, 3.8) is 0 Å². The van der Waals surface area contributed by atoms with Crippen LogP contribution in [0.5, 0.6) is 11.5 Å². The van der Waals surface area contributed by atoms with Crippen LogP contribution in [0, 0.1) is 0 Å². The van der Waals surface area contributed by atoms with Gasteiger partial charge >= 0.3 is 5.97 Å². The van der Waals surface area contributed by atoms with Gasteiger partial charge in [-0.05, 0) is 68.4 Å². The van der Waals surface area contributed by atoms with Crippen LogP contribution in [0.25, 0.3) is 0 Å². The fourth-order valence-corrected chi connectivity index (χ4v) is 6.54. The molecule has 0 saturated heterocycles. The molecule has 1 saturated carbocycles. The van der Waals surface area contributed by atoms with Crippen molar-refractivity contribution in [2.24, 2.45) is 0 Å². The Labute approximate surface area is 257 Å². The van der Waals surface area contributed by atoms with E-state index in [0.717, 1.165) is 56.1 Å². The van der Waals surface area contributed by atoms with Gasteiger partial charge in [-0.1, -0.05) is 73.8 Å². The van der Waals surface area contributed by atoms with Crippen LogP contribution >= 0.6 is 23.4 Å². The lowest BCUT2D eigenvalue weighted by Crippen LogP contribution is -2.32. The maximum Gasteiger partial charge on any atom is 0.338 e. The van der Waals surface area contributed by atoms with Crippen molar-refractivity contribution in [2.75, 3.05) is 19.0 Å². The Morgan fingerprint density at radius 3 is 2.69 bits per heavy atom. The lowest BCUT2D eigenvalue weighted by Gasteiger charge is -2.30. The summed E-state index contributed by atoms with van der Waals surface area (Å²) in [6.07, 6.45) is 8.27. The second kappa shape index (κ2) is 14.3. The van der Waals surface area contributed by atoms with Crippen LogP contribution in [-0.4, -0.2) is 40.6 Å². The summed E-state index contributed by atoms with van der Waals surface area (Å²) in [5, 5.41) is 9.47. The van der Waals surface area contributed by atoms with Crippen LogP contribution in [0.1, 0.15) is 82.4 Å². The number of esters is 1. The van der Waals surface area contributed by atoms with E-state index in [4.69, 9.17) is 35.9 Å². The molecular formula is C32H39ClN4O4S. The Balaban J connectivity index is 1.47. The molecule has 0 amide bonds. The number of methoxy groups -OCH3 is 1. The highest BCUT2D eigenvalue weighted by Gasteiger charge is 2.37. The average molecular weight is 611 g/mol. The Morgan fingerprint density at radius 2 is 1.93 bits per heavy atom. The third kappa shape index (κ3) is 7.06. The minimum Gasteiger partial charge on any atom is -0.493 e. The number of hydrogen-bond donors (Lipinski definition) is 1. The van der Waals surface area contributed by atoms with Crippen LogP contribution in [0.4, 0.5) is 5.95 Å². The number of nitrogens with zero attached hydrogens (tertiary/aromatic N) is 3. The Kier molecular flexibility index (Phi) is 10.3. The van der Waals surface area contributed by atoms with E-state index in [9.17, 15) is 4.79 Å². The van der Waals surface area contributed by atoms with Crippen molar-refractivity contribution >= 4 is 35.3 Å². The Bertz CT molecular complexity index is 1420. The highest BCUT2D eigenvalue weighted by atomic mass is 35.5. The summed E-state index contributed by atoms with van der Waals surface area (Å²) in [7, 11) is 1.63. The summed E-state index contributed by atoms with van der Waals surface area (Å²) in [6, 6.07) is 13.0. The molecule has 8 nitrogen and oxygen atoms in total. The van der Waals surface area contributed by atoms with E-state index in [1.165, 1.54) is 18.2 Å². The number of nitrogens with one attached hydrogen (secondary N) is 1. The van der Waals surface area contributed by atoms with Gasteiger partial charge in [0.15, 0.2) is 11.5 Å². The van der Waals surface area contributed by atoms with Crippen molar-refractivity contribution in [1.29, 1.82) is 0 Å². The highest BCUT2D eigenvalue weighted by molar-refractivity contribution is 7.98. The zero-order valence-corrected chi connectivity index (χ0v) is 26.1. The van der Waals surface area contributed by atoms with Crippen LogP contribution in [0.3, 0.4) is 0 Å². The monoisotopic (exact) mass is 610 g/mol. The van der Waals surface area contributed by atoms with Gasteiger partial charge in [-0.2, -0.15) is 4.98 Å². The first-order valence-electron chi connectivity index (χ1n) is 14.8. The van der Waals surface area contributed by atoms with E-state index in [0.29, 0.717) is 51.3 Å². The quantitative estimate of drug-likeness (QED) is 0.125. The van der Waals surface area contributed by atoms with Gasteiger partial charge in [-0.25, -0.2) is 9.48 Å². The van der Waals surface area contributed by atoms with Gasteiger partial charge in [0, 0.05) is 16.5 Å².